The fourth-order valence-electron chi connectivity index (χ4n) is 1.90. The predicted molar refractivity (Wildman–Crippen MR) is 49.9 cm³/mol. The molecule has 0 aromatic carbocycles. The first-order valence-electron chi connectivity index (χ1n) is 4.75. The zero-order chi connectivity index (χ0) is 10.6. The quantitative estimate of drug-likeness (QED) is 0.676. The Hall–Kier alpha value is -1.32. The van der Waals surface area contributed by atoms with Gasteiger partial charge in [-0.2, -0.15) is 0 Å². The smallest absolute Gasteiger partial charge is 0.328 e. The maximum Gasteiger partial charge on any atom is 0.328 e. The van der Waals surface area contributed by atoms with Crippen LogP contribution in [0.25, 0.3) is 0 Å². The van der Waals surface area contributed by atoms with Gasteiger partial charge < -0.3 is 10.2 Å². The Morgan fingerprint density at radius 1 is 1.36 bits per heavy atom. The normalized spacial score (nSPS) is 24.9. The van der Waals surface area contributed by atoms with Gasteiger partial charge in [-0.15, -0.1) is 0 Å². The maximum absolute atomic E-state index is 10.5. The molecular formula is C10H14O4. The zero-order valence-electron chi connectivity index (χ0n) is 7.90. The van der Waals surface area contributed by atoms with E-state index >= 15 is 0 Å². The molecule has 0 aromatic rings. The summed E-state index contributed by atoms with van der Waals surface area (Å²) >= 11 is 0. The number of carboxylic acid groups (broad SMARTS) is 2. The molecule has 1 rings (SSSR count). The monoisotopic (exact) mass is 198 g/mol. The molecule has 0 bridgehead atoms. The first kappa shape index (κ1) is 10.8. The van der Waals surface area contributed by atoms with Crippen molar-refractivity contribution in [2.45, 2.75) is 32.1 Å². The van der Waals surface area contributed by atoms with Crippen molar-refractivity contribution in [2.24, 2.45) is 5.92 Å². The number of carbonyl (C=O) groups is 2. The van der Waals surface area contributed by atoms with E-state index in [9.17, 15) is 9.59 Å². The fourth-order valence-corrected chi connectivity index (χ4v) is 1.90. The Morgan fingerprint density at radius 2 is 2.07 bits per heavy atom. The number of rotatable bonds is 3. The minimum Gasteiger partial charge on any atom is -0.481 e. The van der Waals surface area contributed by atoms with Gasteiger partial charge in [0.2, 0.25) is 0 Å². The summed E-state index contributed by atoms with van der Waals surface area (Å²) in [7, 11) is 0. The standard InChI is InChI=1S/C10H14O4/c11-9(12)5-7-3-1-2-4-8(7)6-10(13)14/h5,8H,1-4,6H2,(H,11,12)(H,13,14)/b7-5+. The summed E-state index contributed by atoms with van der Waals surface area (Å²) in [4.78, 5) is 21.0. The Balaban J connectivity index is 2.68. The molecule has 14 heavy (non-hydrogen) atoms. The molecule has 1 atom stereocenters. The Labute approximate surface area is 82.2 Å². The van der Waals surface area contributed by atoms with Crippen molar-refractivity contribution in [1.29, 1.82) is 0 Å². The fraction of sp³-hybridized carbons (Fsp3) is 0.600. The second-order valence-electron chi connectivity index (χ2n) is 3.60. The van der Waals surface area contributed by atoms with Crippen molar-refractivity contribution in [1.82, 2.24) is 0 Å². The molecular weight excluding hydrogens is 184 g/mol. The molecule has 0 saturated heterocycles. The third-order valence-electron chi connectivity index (χ3n) is 2.52. The molecule has 1 aliphatic carbocycles. The second kappa shape index (κ2) is 4.79. The van der Waals surface area contributed by atoms with Crippen molar-refractivity contribution in [2.75, 3.05) is 0 Å². The number of hydrogen-bond acceptors (Lipinski definition) is 2. The lowest BCUT2D eigenvalue weighted by molar-refractivity contribution is -0.138. The lowest BCUT2D eigenvalue weighted by Gasteiger charge is -2.23. The first-order chi connectivity index (χ1) is 6.59. The van der Waals surface area contributed by atoms with E-state index in [2.05, 4.69) is 0 Å². The van der Waals surface area contributed by atoms with E-state index < -0.39 is 11.9 Å². The van der Waals surface area contributed by atoms with Crippen LogP contribution in [0.1, 0.15) is 32.1 Å². The van der Waals surface area contributed by atoms with Crippen LogP contribution in [0.5, 0.6) is 0 Å². The molecule has 0 aromatic heterocycles. The van der Waals surface area contributed by atoms with Crippen LogP contribution < -0.4 is 0 Å². The van der Waals surface area contributed by atoms with Gasteiger partial charge in [-0.05, 0) is 25.2 Å². The molecule has 1 fully saturated rings. The van der Waals surface area contributed by atoms with E-state index in [4.69, 9.17) is 10.2 Å². The van der Waals surface area contributed by atoms with Gasteiger partial charge in [0.1, 0.15) is 0 Å². The van der Waals surface area contributed by atoms with Crippen molar-refractivity contribution in [3.05, 3.63) is 11.6 Å². The molecule has 0 amide bonds. The van der Waals surface area contributed by atoms with Crippen LogP contribution >= 0.6 is 0 Å². The van der Waals surface area contributed by atoms with Gasteiger partial charge in [0.05, 0.1) is 6.42 Å². The van der Waals surface area contributed by atoms with Crippen LogP contribution in [-0.4, -0.2) is 22.2 Å². The molecule has 2 N–H and O–H groups in total. The summed E-state index contributed by atoms with van der Waals surface area (Å²) in [5.74, 6) is -1.90. The molecule has 78 valence electrons. The molecule has 4 nitrogen and oxygen atoms in total. The Bertz CT molecular complexity index is 267. The number of aliphatic carboxylic acids is 2. The summed E-state index contributed by atoms with van der Waals surface area (Å²) in [6, 6.07) is 0. The molecule has 0 heterocycles. The minimum absolute atomic E-state index is 0.0547. The van der Waals surface area contributed by atoms with Crippen LogP contribution in [0.2, 0.25) is 0 Å². The van der Waals surface area contributed by atoms with E-state index in [0.29, 0.717) is 0 Å². The van der Waals surface area contributed by atoms with Gasteiger partial charge in [0.25, 0.3) is 0 Å². The lowest BCUT2D eigenvalue weighted by Crippen LogP contribution is -2.15. The second-order valence-corrected chi connectivity index (χ2v) is 3.60. The topological polar surface area (TPSA) is 74.6 Å². The Kier molecular flexibility index (Phi) is 3.68. The van der Waals surface area contributed by atoms with Gasteiger partial charge in [0, 0.05) is 6.08 Å². The third-order valence-corrected chi connectivity index (χ3v) is 2.52. The van der Waals surface area contributed by atoms with E-state index in [1.54, 1.807) is 0 Å². The third kappa shape index (κ3) is 3.20. The highest BCUT2D eigenvalue weighted by atomic mass is 16.4. The van der Waals surface area contributed by atoms with E-state index in [0.717, 1.165) is 31.3 Å². The highest BCUT2D eigenvalue weighted by molar-refractivity contribution is 5.81. The SMILES string of the molecule is O=C(O)/C=C1\CCCCC1CC(=O)O. The van der Waals surface area contributed by atoms with Gasteiger partial charge in [-0.3, -0.25) is 4.79 Å². The van der Waals surface area contributed by atoms with Gasteiger partial charge in [0.15, 0.2) is 0 Å². The summed E-state index contributed by atoms with van der Waals surface area (Å²) in [5, 5.41) is 17.2. The first-order valence-corrected chi connectivity index (χ1v) is 4.75. The van der Waals surface area contributed by atoms with Crippen molar-refractivity contribution >= 4 is 11.9 Å². The van der Waals surface area contributed by atoms with Gasteiger partial charge in [-0.1, -0.05) is 12.0 Å². The van der Waals surface area contributed by atoms with Crippen molar-refractivity contribution in [3.8, 4) is 0 Å². The predicted octanol–water partition coefficient (Wildman–Crippen LogP) is 1.66. The van der Waals surface area contributed by atoms with E-state index in [1.165, 1.54) is 6.08 Å². The lowest BCUT2D eigenvalue weighted by atomic mass is 9.82. The van der Waals surface area contributed by atoms with Gasteiger partial charge in [-0.25, -0.2) is 4.79 Å². The molecule has 0 radical (unpaired) electrons. The highest BCUT2D eigenvalue weighted by Gasteiger charge is 2.21. The average molecular weight is 198 g/mol. The zero-order valence-corrected chi connectivity index (χ0v) is 7.90. The van der Waals surface area contributed by atoms with Crippen LogP contribution in [0, 0.1) is 5.92 Å². The highest BCUT2D eigenvalue weighted by Crippen LogP contribution is 2.31. The molecule has 0 spiro atoms. The summed E-state index contributed by atoms with van der Waals surface area (Å²) in [5.41, 5.74) is 0.783. The summed E-state index contributed by atoms with van der Waals surface area (Å²) in [6.07, 6.45) is 4.71. The molecule has 0 aliphatic heterocycles. The van der Waals surface area contributed by atoms with E-state index in [-0.39, 0.29) is 12.3 Å². The molecule has 1 aliphatic rings. The summed E-state index contributed by atoms with van der Waals surface area (Å²) in [6.45, 7) is 0. The molecule has 1 saturated carbocycles. The minimum atomic E-state index is -0.975. The molecule has 4 heteroatoms. The van der Waals surface area contributed by atoms with Crippen molar-refractivity contribution in [3.63, 3.8) is 0 Å². The maximum atomic E-state index is 10.5. The number of hydrogen-bond donors (Lipinski definition) is 2. The summed E-state index contributed by atoms with van der Waals surface area (Å²) < 4.78 is 0. The number of carboxylic acids is 2. The van der Waals surface area contributed by atoms with Crippen LogP contribution in [-0.2, 0) is 9.59 Å². The Morgan fingerprint density at radius 3 is 2.64 bits per heavy atom. The van der Waals surface area contributed by atoms with Crippen LogP contribution in [0.15, 0.2) is 11.6 Å². The van der Waals surface area contributed by atoms with Crippen molar-refractivity contribution < 1.29 is 19.8 Å². The number of allylic oxidation sites excluding steroid dienone is 1. The van der Waals surface area contributed by atoms with Gasteiger partial charge >= 0.3 is 11.9 Å². The largest absolute Gasteiger partial charge is 0.481 e. The van der Waals surface area contributed by atoms with Crippen LogP contribution in [0.4, 0.5) is 0 Å². The van der Waals surface area contributed by atoms with Crippen LogP contribution in [0.3, 0.4) is 0 Å². The molecule has 1 unspecified atom stereocenters. The van der Waals surface area contributed by atoms with E-state index in [1.807, 2.05) is 0 Å². The average Bonchev–Trinajstić information content (AvgIpc) is 2.06.